The van der Waals surface area contributed by atoms with Crippen LogP contribution in [0.15, 0.2) is 48.6 Å². The number of allylic oxidation sites excluding steroid dienone is 8. The fraction of sp³-hybridized carbons (Fsp3) is 0.762. The van der Waals surface area contributed by atoms with Crippen LogP contribution in [0.3, 0.4) is 0 Å². The smallest absolute Gasteiger partial charge is 0.462 e. The molecule has 0 aromatic carbocycles. The predicted molar refractivity (Wildman–Crippen MR) is 211 cm³/mol. The minimum Gasteiger partial charge on any atom is -0.462 e. The monoisotopic (exact) mass is 739 g/mol. The lowest BCUT2D eigenvalue weighted by molar-refractivity contribution is -0.161. The Morgan fingerprint density at radius 1 is 0.529 bits per heavy atom. The fourth-order valence-corrected chi connectivity index (χ4v) is 5.89. The van der Waals surface area contributed by atoms with E-state index in [2.05, 4.69) is 54.8 Å². The van der Waals surface area contributed by atoms with E-state index >= 15 is 0 Å². The van der Waals surface area contributed by atoms with E-state index < -0.39 is 32.5 Å². The lowest BCUT2D eigenvalue weighted by atomic mass is 10.1. The van der Waals surface area contributed by atoms with Gasteiger partial charge in [-0.15, -0.1) is 0 Å². The molecule has 0 amide bonds. The minimum atomic E-state index is -4.77. The number of hydrogen-bond acceptors (Lipinski definition) is 6. The van der Waals surface area contributed by atoms with Gasteiger partial charge >= 0.3 is 19.8 Å². The van der Waals surface area contributed by atoms with Gasteiger partial charge in [-0.05, 0) is 57.8 Å². The Balaban J connectivity index is 3.96. The third kappa shape index (κ3) is 40.6. The van der Waals surface area contributed by atoms with Crippen LogP contribution in [0.2, 0.25) is 0 Å². The Morgan fingerprint density at radius 3 is 1.51 bits per heavy atom. The summed E-state index contributed by atoms with van der Waals surface area (Å²) in [4.78, 5) is 42.7. The highest BCUT2D eigenvalue weighted by molar-refractivity contribution is 7.46. The average molecular weight is 739 g/mol. The zero-order valence-corrected chi connectivity index (χ0v) is 33.4. The van der Waals surface area contributed by atoms with Gasteiger partial charge < -0.3 is 19.3 Å². The minimum absolute atomic E-state index is 0.104. The summed E-state index contributed by atoms with van der Waals surface area (Å²) < 4.78 is 26.3. The van der Waals surface area contributed by atoms with Crippen LogP contribution in [0.5, 0.6) is 0 Å². The van der Waals surface area contributed by atoms with E-state index in [-0.39, 0.29) is 19.4 Å². The van der Waals surface area contributed by atoms with Gasteiger partial charge in [0, 0.05) is 12.8 Å². The number of esters is 2. The molecule has 0 fully saturated rings. The summed E-state index contributed by atoms with van der Waals surface area (Å²) in [6, 6.07) is 0. The molecule has 0 rings (SSSR count). The van der Waals surface area contributed by atoms with E-state index in [9.17, 15) is 14.2 Å². The van der Waals surface area contributed by atoms with Crippen LogP contribution < -0.4 is 0 Å². The molecule has 296 valence electrons. The van der Waals surface area contributed by atoms with Crippen molar-refractivity contribution in [2.45, 2.75) is 193 Å². The van der Waals surface area contributed by atoms with Crippen molar-refractivity contribution >= 4 is 19.8 Å². The van der Waals surface area contributed by atoms with Gasteiger partial charge in [-0.25, -0.2) is 4.57 Å². The Labute approximate surface area is 312 Å². The van der Waals surface area contributed by atoms with E-state index in [4.69, 9.17) is 19.3 Å². The Hall–Kier alpha value is -1.99. The van der Waals surface area contributed by atoms with Crippen molar-refractivity contribution in [1.82, 2.24) is 0 Å². The number of ether oxygens (including phenoxy) is 2. The molecule has 1 unspecified atom stereocenters. The summed E-state index contributed by atoms with van der Waals surface area (Å²) in [5.41, 5.74) is 0. The number of hydrogen-bond donors (Lipinski definition) is 2. The zero-order valence-electron chi connectivity index (χ0n) is 32.5. The second-order valence-electron chi connectivity index (χ2n) is 13.6. The van der Waals surface area contributed by atoms with Crippen molar-refractivity contribution in [3.05, 3.63) is 48.6 Å². The quantitative estimate of drug-likeness (QED) is 0.0212. The van der Waals surface area contributed by atoms with Crippen molar-refractivity contribution in [3.63, 3.8) is 0 Å². The molecule has 0 saturated carbocycles. The van der Waals surface area contributed by atoms with E-state index in [1.54, 1.807) is 0 Å². The first-order chi connectivity index (χ1) is 24.8. The average Bonchev–Trinajstić information content (AvgIpc) is 3.10. The van der Waals surface area contributed by atoms with Gasteiger partial charge in [0.1, 0.15) is 6.61 Å². The maximum absolute atomic E-state index is 12.3. The van der Waals surface area contributed by atoms with Crippen LogP contribution in [-0.4, -0.2) is 41.0 Å². The lowest BCUT2D eigenvalue weighted by Crippen LogP contribution is -2.29. The highest BCUT2D eigenvalue weighted by atomic mass is 31.2. The molecule has 1 atom stereocenters. The number of phosphoric acid groups is 1. The number of unbranched alkanes of at least 4 members (excludes halogenated alkanes) is 20. The first-order valence-corrected chi connectivity index (χ1v) is 22.0. The largest absolute Gasteiger partial charge is 0.469 e. The standard InChI is InChI=1S/C42H75O8P/c1-3-5-7-9-11-13-15-17-18-19-20-21-22-23-25-26-28-30-32-34-36-41(43)48-38-40(39-49-51(45,46)47)50-42(44)37-35-33-31-29-27-24-16-14-12-10-8-6-4-2/h13,15,17-18,24,27,31,33,40H,3-12,14,16,19-23,25-26,28-30,32,34-39H2,1-2H3,(H2,45,46,47)/b15-13+,18-17+,27-24+,33-31+. The molecule has 0 aliphatic heterocycles. The molecule has 0 aromatic heterocycles. The molecular weight excluding hydrogens is 663 g/mol. The van der Waals surface area contributed by atoms with Gasteiger partial charge in [0.2, 0.25) is 0 Å². The molecule has 0 radical (unpaired) electrons. The Bertz CT molecular complexity index is 968. The maximum Gasteiger partial charge on any atom is 0.469 e. The number of carbonyl (C=O) groups is 2. The molecule has 0 aromatic rings. The molecule has 0 bridgehead atoms. The summed E-state index contributed by atoms with van der Waals surface area (Å²) in [7, 11) is -4.77. The number of carbonyl (C=O) groups excluding carboxylic acids is 2. The van der Waals surface area contributed by atoms with Crippen LogP contribution in [0.25, 0.3) is 0 Å². The van der Waals surface area contributed by atoms with Crippen LogP contribution in [0.4, 0.5) is 0 Å². The summed E-state index contributed by atoms with van der Waals surface area (Å²) in [5, 5.41) is 0. The zero-order chi connectivity index (χ0) is 37.5. The van der Waals surface area contributed by atoms with Crippen molar-refractivity contribution < 1.29 is 37.9 Å². The van der Waals surface area contributed by atoms with Crippen molar-refractivity contribution in [3.8, 4) is 0 Å². The van der Waals surface area contributed by atoms with Gasteiger partial charge in [-0.2, -0.15) is 0 Å². The number of phosphoric ester groups is 1. The van der Waals surface area contributed by atoms with Crippen LogP contribution in [-0.2, 0) is 28.2 Å². The van der Waals surface area contributed by atoms with Gasteiger partial charge in [-0.3, -0.25) is 14.1 Å². The van der Waals surface area contributed by atoms with Crippen LogP contribution in [0, 0.1) is 0 Å². The van der Waals surface area contributed by atoms with Crippen LogP contribution in [0.1, 0.15) is 187 Å². The van der Waals surface area contributed by atoms with Gasteiger partial charge in [0.05, 0.1) is 6.61 Å². The Morgan fingerprint density at radius 2 is 0.980 bits per heavy atom. The summed E-state index contributed by atoms with van der Waals surface area (Å²) >= 11 is 0. The maximum atomic E-state index is 12.3. The molecule has 9 heteroatoms. The van der Waals surface area contributed by atoms with Crippen molar-refractivity contribution in [2.24, 2.45) is 0 Å². The molecule has 51 heavy (non-hydrogen) atoms. The van der Waals surface area contributed by atoms with Crippen molar-refractivity contribution in [2.75, 3.05) is 13.2 Å². The fourth-order valence-electron chi connectivity index (χ4n) is 5.53. The van der Waals surface area contributed by atoms with E-state index in [0.717, 1.165) is 38.5 Å². The SMILES string of the molecule is CCCCCC/C=C/C=C/CCCCCCCCCCCCC(=O)OCC(COP(=O)(O)O)OC(=O)CC/C=C/C/C=C/CCCCCCCC. The summed E-state index contributed by atoms with van der Waals surface area (Å²) in [6.45, 7) is 3.60. The second kappa shape index (κ2) is 37.8. The molecule has 0 saturated heterocycles. The molecule has 0 spiro atoms. The van der Waals surface area contributed by atoms with E-state index in [0.29, 0.717) is 12.8 Å². The summed E-state index contributed by atoms with van der Waals surface area (Å²) in [6.07, 6.45) is 45.6. The van der Waals surface area contributed by atoms with Gasteiger partial charge in [-0.1, -0.05) is 165 Å². The third-order valence-electron chi connectivity index (χ3n) is 8.61. The Kier molecular flexibility index (Phi) is 36.3. The molecule has 2 N–H and O–H groups in total. The first-order valence-electron chi connectivity index (χ1n) is 20.4. The molecule has 0 aliphatic rings. The van der Waals surface area contributed by atoms with E-state index in [1.165, 1.54) is 109 Å². The van der Waals surface area contributed by atoms with Crippen LogP contribution >= 0.6 is 7.82 Å². The number of rotatable bonds is 37. The lowest BCUT2D eigenvalue weighted by Gasteiger charge is -2.18. The molecular formula is C42H75O8P. The van der Waals surface area contributed by atoms with Crippen molar-refractivity contribution in [1.29, 1.82) is 0 Å². The predicted octanol–water partition coefficient (Wildman–Crippen LogP) is 12.3. The molecule has 0 aliphatic carbocycles. The van der Waals surface area contributed by atoms with Gasteiger partial charge in [0.15, 0.2) is 6.10 Å². The highest BCUT2D eigenvalue weighted by Crippen LogP contribution is 2.36. The molecule has 8 nitrogen and oxygen atoms in total. The highest BCUT2D eigenvalue weighted by Gasteiger charge is 2.22. The second-order valence-corrected chi connectivity index (χ2v) is 14.9. The summed E-state index contributed by atoms with van der Waals surface area (Å²) in [5.74, 6) is -0.967. The molecule has 0 heterocycles. The first kappa shape index (κ1) is 49.0. The topological polar surface area (TPSA) is 119 Å². The third-order valence-corrected chi connectivity index (χ3v) is 9.10. The van der Waals surface area contributed by atoms with E-state index in [1.807, 2.05) is 12.2 Å². The normalized spacial score (nSPS) is 12.9. The van der Waals surface area contributed by atoms with Gasteiger partial charge in [0.25, 0.3) is 0 Å².